The zero-order valence-electron chi connectivity index (χ0n) is 39.6. The first-order valence-corrected chi connectivity index (χ1v) is 25.1. The van der Waals surface area contributed by atoms with Crippen molar-refractivity contribution in [3.05, 3.63) is 35.4 Å². The number of carboxylic acids is 1. The summed E-state index contributed by atoms with van der Waals surface area (Å²) in [6, 6.07) is -2.28. The van der Waals surface area contributed by atoms with Gasteiger partial charge in [-0.25, -0.2) is 8.78 Å². The normalized spacial score (nSPS) is 25.3. The van der Waals surface area contributed by atoms with Gasteiger partial charge in [-0.2, -0.15) is 0 Å². The standard InChI is InChI=1S/C45H65F2N9O12S2/c1-23(48)51-7-5-6-37(45(2,3)4)55-43(67)27-13-36(60)33(17-38(50)61)54-44(68)34-16-31(58)20-56(34)39(62)19-53-41(65)25(8-24-9-28(46)15-29(47)10-24)11-30(57)18-52-42(66)26(14-40(63)64)12-35(59)32(49)22-70-69-21-27/h9-10,15,25-27,31-34,37,58H,5-8,11-14,16-22,49H2,1-4H3,(H2,48,51)(H2,50,61)(H,52,66)(H,53,65)(H,54,68)(H,55,67)(H,63,64)/t25-,26-,27-,31?,32-,33+,34?,37+/m1/s1. The molecule has 0 spiro atoms. The van der Waals surface area contributed by atoms with Crippen molar-refractivity contribution in [1.29, 1.82) is 0 Å². The molecule has 0 bridgehead atoms. The number of ketones is 3. The van der Waals surface area contributed by atoms with Gasteiger partial charge in [-0.15, -0.1) is 0 Å². The van der Waals surface area contributed by atoms with E-state index in [1.165, 1.54) is 0 Å². The number of rotatable bonds is 12. The molecule has 2 aliphatic rings. The van der Waals surface area contributed by atoms with E-state index in [9.17, 15) is 66.9 Å². The number of hydrogen-bond donors (Lipinski definition) is 9. The molecule has 0 radical (unpaired) electrons. The van der Waals surface area contributed by atoms with Crippen LogP contribution in [0.15, 0.2) is 23.2 Å². The van der Waals surface area contributed by atoms with Crippen molar-refractivity contribution >= 4 is 86.2 Å². The minimum absolute atomic E-state index is 0.0475. The number of halogens is 2. The number of primary amides is 1. The highest BCUT2D eigenvalue weighted by Gasteiger charge is 2.41. The average Bonchev–Trinajstić information content (AvgIpc) is 3.65. The zero-order valence-corrected chi connectivity index (χ0v) is 41.3. The van der Waals surface area contributed by atoms with Gasteiger partial charge in [0, 0.05) is 68.3 Å². The van der Waals surface area contributed by atoms with Crippen molar-refractivity contribution in [2.24, 2.45) is 45.4 Å². The molecule has 6 amide bonds. The topological polar surface area (TPSA) is 353 Å². The number of aliphatic imine (C=N–C) groups is 1. The number of nitrogens with one attached hydrogen (secondary N) is 4. The number of carbonyl (C=O) groups is 10. The van der Waals surface area contributed by atoms with Gasteiger partial charge in [-0.05, 0) is 49.3 Å². The summed E-state index contributed by atoms with van der Waals surface area (Å²) in [6.45, 7) is 5.81. The number of hydrogen-bond acceptors (Lipinski definition) is 15. The second-order valence-electron chi connectivity index (χ2n) is 18.6. The average molecular weight is 1030 g/mol. The van der Waals surface area contributed by atoms with E-state index < -0.39 is 182 Å². The third kappa shape index (κ3) is 20.1. The lowest BCUT2D eigenvalue weighted by Crippen LogP contribution is -2.54. The first-order chi connectivity index (χ1) is 32.7. The number of amides is 6. The Morgan fingerprint density at radius 3 is 2.13 bits per heavy atom. The summed E-state index contributed by atoms with van der Waals surface area (Å²) in [7, 11) is 2.12. The fraction of sp³-hybridized carbons (Fsp3) is 0.622. The van der Waals surface area contributed by atoms with Crippen LogP contribution in [0.3, 0.4) is 0 Å². The molecule has 0 aromatic heterocycles. The summed E-state index contributed by atoms with van der Waals surface area (Å²) >= 11 is 0. The van der Waals surface area contributed by atoms with E-state index in [4.69, 9.17) is 17.2 Å². The van der Waals surface area contributed by atoms with Gasteiger partial charge < -0.3 is 53.6 Å². The minimum atomic E-state index is -1.60. The zero-order chi connectivity index (χ0) is 52.5. The molecule has 21 nitrogen and oxygen atoms in total. The van der Waals surface area contributed by atoms with Gasteiger partial charge in [0.05, 0.1) is 61.8 Å². The lowest BCUT2D eigenvalue weighted by Gasteiger charge is -2.33. The number of benzene rings is 1. The van der Waals surface area contributed by atoms with Gasteiger partial charge in [0.1, 0.15) is 17.7 Å². The van der Waals surface area contributed by atoms with Crippen molar-refractivity contribution in [2.75, 3.05) is 37.7 Å². The highest BCUT2D eigenvalue weighted by Crippen LogP contribution is 2.29. The van der Waals surface area contributed by atoms with Crippen LogP contribution in [0.25, 0.3) is 0 Å². The molecular formula is C45H65F2N9O12S2. The van der Waals surface area contributed by atoms with Crippen molar-refractivity contribution in [1.82, 2.24) is 26.2 Å². The van der Waals surface area contributed by atoms with Gasteiger partial charge in [0.2, 0.25) is 35.4 Å². The van der Waals surface area contributed by atoms with E-state index >= 15 is 0 Å². The fourth-order valence-corrected chi connectivity index (χ4v) is 10.3. The monoisotopic (exact) mass is 1030 g/mol. The first-order valence-electron chi connectivity index (χ1n) is 22.7. The molecule has 70 heavy (non-hydrogen) atoms. The summed E-state index contributed by atoms with van der Waals surface area (Å²) in [5.41, 5.74) is 16.9. The van der Waals surface area contributed by atoms with E-state index in [1.807, 2.05) is 20.8 Å². The van der Waals surface area contributed by atoms with Crippen LogP contribution in [0.2, 0.25) is 0 Å². The van der Waals surface area contributed by atoms with E-state index in [0.717, 1.165) is 38.6 Å². The van der Waals surface area contributed by atoms with E-state index in [1.54, 1.807) is 6.92 Å². The lowest BCUT2D eigenvalue weighted by atomic mass is 9.83. The van der Waals surface area contributed by atoms with Crippen LogP contribution >= 0.6 is 21.6 Å². The van der Waals surface area contributed by atoms with Crippen molar-refractivity contribution in [2.45, 2.75) is 116 Å². The lowest BCUT2D eigenvalue weighted by molar-refractivity contribution is -0.142. The number of aliphatic hydroxyl groups excluding tert-OH is 1. The van der Waals surface area contributed by atoms with Gasteiger partial charge in [0.15, 0.2) is 17.3 Å². The predicted molar refractivity (Wildman–Crippen MR) is 255 cm³/mol. The van der Waals surface area contributed by atoms with Crippen LogP contribution in [0.1, 0.15) is 84.6 Å². The quantitative estimate of drug-likeness (QED) is 0.0560. The van der Waals surface area contributed by atoms with Gasteiger partial charge >= 0.3 is 5.97 Å². The molecule has 12 N–H and O–H groups in total. The molecule has 388 valence electrons. The van der Waals surface area contributed by atoms with Crippen molar-refractivity contribution < 1.29 is 66.9 Å². The van der Waals surface area contributed by atoms with E-state index in [2.05, 4.69) is 26.3 Å². The number of fused-ring (bicyclic) bond motifs is 1. The Bertz CT molecular complexity index is 2120. The molecule has 8 atom stereocenters. The second kappa shape index (κ2) is 27.8. The Labute approximate surface area is 412 Å². The molecule has 2 aliphatic heterocycles. The number of amidine groups is 1. The number of carbonyl (C=O) groups excluding carboxylic acids is 9. The fourth-order valence-electron chi connectivity index (χ4n) is 7.79. The van der Waals surface area contributed by atoms with Crippen LogP contribution < -0.4 is 38.5 Å². The summed E-state index contributed by atoms with van der Waals surface area (Å²) in [4.78, 5) is 138. The number of aliphatic carboxylic acids is 1. The highest BCUT2D eigenvalue weighted by atomic mass is 33.1. The van der Waals surface area contributed by atoms with Crippen LogP contribution in [0.4, 0.5) is 8.78 Å². The first kappa shape index (κ1) is 58.8. The number of nitrogens with zero attached hydrogens (tertiary/aromatic N) is 2. The van der Waals surface area contributed by atoms with E-state index in [0.29, 0.717) is 31.3 Å². The Morgan fingerprint density at radius 1 is 0.886 bits per heavy atom. The SMILES string of the molecule is CC(N)=NCCC[C@H](NC(=O)[C@H]1CSSC[C@@H](N)C(=O)C[C@H](CC(=O)O)C(=O)NCC(=O)C[C@@H](Cc2cc(F)cc(F)c2)C(=O)NCC(=O)N2CC(O)CC2C(=O)N[C@@H](CC(N)=O)C(=O)C1)C(C)(C)C. The summed E-state index contributed by atoms with van der Waals surface area (Å²) in [6.07, 6.45) is -4.34. The van der Waals surface area contributed by atoms with Crippen LogP contribution in [0.5, 0.6) is 0 Å². The van der Waals surface area contributed by atoms with Crippen molar-refractivity contribution in [3.8, 4) is 0 Å². The number of aliphatic hydroxyl groups is 1. The molecule has 2 saturated heterocycles. The molecule has 2 unspecified atom stereocenters. The molecular weight excluding hydrogens is 961 g/mol. The van der Waals surface area contributed by atoms with E-state index in [-0.39, 0.29) is 23.5 Å². The maximum Gasteiger partial charge on any atom is 0.304 e. The van der Waals surface area contributed by atoms with Crippen LogP contribution in [0, 0.1) is 34.8 Å². The summed E-state index contributed by atoms with van der Waals surface area (Å²) in [5.74, 6) is -14.8. The largest absolute Gasteiger partial charge is 0.481 e. The number of nitrogens with two attached hydrogens (primary N) is 3. The number of carboxylic acid groups (broad SMARTS) is 1. The van der Waals surface area contributed by atoms with Crippen molar-refractivity contribution in [3.63, 3.8) is 0 Å². The molecule has 0 saturated carbocycles. The molecule has 25 heteroatoms. The molecule has 3 rings (SSSR count). The highest BCUT2D eigenvalue weighted by molar-refractivity contribution is 8.76. The Hall–Kier alpha value is -5.53. The van der Waals surface area contributed by atoms with Gasteiger partial charge in [-0.1, -0.05) is 42.4 Å². The third-order valence-corrected chi connectivity index (χ3v) is 14.1. The Balaban J connectivity index is 2.01. The number of Topliss-reactive ketones (excluding diaryl/α,β-unsaturated/α-hetero) is 3. The maximum atomic E-state index is 14.2. The Kier molecular flexibility index (Phi) is 23.3. The molecule has 1 aromatic carbocycles. The summed E-state index contributed by atoms with van der Waals surface area (Å²) in [5, 5.41) is 30.3. The molecule has 2 fully saturated rings. The summed E-state index contributed by atoms with van der Waals surface area (Å²) < 4.78 is 28.4. The van der Waals surface area contributed by atoms with Crippen LogP contribution in [-0.4, -0.2) is 148 Å². The second-order valence-corrected chi connectivity index (χ2v) is 21.2. The Morgan fingerprint density at radius 2 is 1.51 bits per heavy atom. The third-order valence-electron chi connectivity index (χ3n) is 11.6. The predicted octanol–water partition coefficient (Wildman–Crippen LogP) is -0.327. The smallest absolute Gasteiger partial charge is 0.304 e. The molecule has 0 aliphatic carbocycles. The maximum absolute atomic E-state index is 14.2. The van der Waals surface area contributed by atoms with Gasteiger partial charge in [0.25, 0.3) is 0 Å². The van der Waals surface area contributed by atoms with Crippen LogP contribution in [-0.2, 0) is 54.4 Å². The van der Waals surface area contributed by atoms with Gasteiger partial charge in [-0.3, -0.25) is 52.9 Å². The molecule has 1 aromatic rings. The molecule has 2 heterocycles. The minimum Gasteiger partial charge on any atom is -0.481 e.